The summed E-state index contributed by atoms with van der Waals surface area (Å²) < 4.78 is 91.8. The van der Waals surface area contributed by atoms with Gasteiger partial charge in [0.05, 0.1) is 20.6 Å². The summed E-state index contributed by atoms with van der Waals surface area (Å²) in [5.74, 6) is -1.87. The number of hydrogen-bond donors (Lipinski definition) is 2. The Kier molecular flexibility index (Phi) is 7.25. The van der Waals surface area contributed by atoms with Crippen molar-refractivity contribution in [3.05, 3.63) is 74.2 Å². The number of halogens is 10. The van der Waals surface area contributed by atoms with Crippen LogP contribution in [0.2, 0.25) is 15.1 Å². The number of nitrogens with one attached hydrogen (secondary N) is 2. The molecule has 0 aliphatic carbocycles. The van der Waals surface area contributed by atoms with Crippen LogP contribution in [0.3, 0.4) is 0 Å². The van der Waals surface area contributed by atoms with Crippen molar-refractivity contribution in [1.29, 1.82) is 0 Å². The molecule has 6 nitrogen and oxygen atoms in total. The summed E-state index contributed by atoms with van der Waals surface area (Å²) in [4.78, 5) is 24.2. The van der Waals surface area contributed by atoms with E-state index in [0.29, 0.717) is 0 Å². The SMILES string of the molecule is O=C(NC(=O)c1cc(F)ccc1Cl)Nc1cc(Cl)c(-n2cc(C(F)(F)F)c(C(F)(F)F)n2)c(Cl)c1. The van der Waals surface area contributed by atoms with Crippen LogP contribution in [0.15, 0.2) is 36.5 Å². The second-order valence-corrected chi connectivity index (χ2v) is 7.87. The predicted octanol–water partition coefficient (Wildman–Crippen LogP) is 6.97. The summed E-state index contributed by atoms with van der Waals surface area (Å²) in [5, 5.41) is 5.79. The second-order valence-electron chi connectivity index (χ2n) is 6.65. The van der Waals surface area contributed by atoms with E-state index in [0.717, 1.165) is 30.3 Å². The highest BCUT2D eigenvalue weighted by Gasteiger charge is 2.46. The maximum Gasteiger partial charge on any atom is 0.435 e. The first-order valence-electron chi connectivity index (χ1n) is 8.88. The Morgan fingerprint density at radius 1 is 0.886 bits per heavy atom. The fraction of sp³-hybridized carbons (Fsp3) is 0.105. The summed E-state index contributed by atoms with van der Waals surface area (Å²) in [7, 11) is 0. The van der Waals surface area contributed by atoms with Crippen molar-refractivity contribution in [2.45, 2.75) is 12.4 Å². The largest absolute Gasteiger partial charge is 0.435 e. The van der Waals surface area contributed by atoms with Gasteiger partial charge in [-0.3, -0.25) is 10.1 Å². The first-order chi connectivity index (χ1) is 16.1. The van der Waals surface area contributed by atoms with E-state index in [4.69, 9.17) is 34.8 Å². The van der Waals surface area contributed by atoms with Gasteiger partial charge >= 0.3 is 18.4 Å². The van der Waals surface area contributed by atoms with Crippen LogP contribution in [0.1, 0.15) is 21.6 Å². The van der Waals surface area contributed by atoms with Gasteiger partial charge in [0, 0.05) is 11.9 Å². The molecule has 186 valence electrons. The number of imide groups is 1. The van der Waals surface area contributed by atoms with Gasteiger partial charge in [0.25, 0.3) is 5.91 Å². The van der Waals surface area contributed by atoms with Gasteiger partial charge in [0.15, 0.2) is 5.69 Å². The van der Waals surface area contributed by atoms with Crippen molar-refractivity contribution in [3.8, 4) is 5.69 Å². The zero-order valence-electron chi connectivity index (χ0n) is 16.5. The Balaban J connectivity index is 1.87. The number of urea groups is 1. The van der Waals surface area contributed by atoms with Crippen molar-refractivity contribution in [2.24, 2.45) is 0 Å². The van der Waals surface area contributed by atoms with Crippen LogP contribution in [0, 0.1) is 5.82 Å². The molecule has 2 N–H and O–H groups in total. The molecule has 0 aliphatic heterocycles. The van der Waals surface area contributed by atoms with Crippen molar-refractivity contribution >= 4 is 52.4 Å². The van der Waals surface area contributed by atoms with E-state index in [9.17, 15) is 40.3 Å². The average molecular weight is 564 g/mol. The number of rotatable bonds is 3. The summed E-state index contributed by atoms with van der Waals surface area (Å²) in [6.45, 7) is 0. The van der Waals surface area contributed by atoms with E-state index in [1.807, 2.05) is 5.32 Å². The Hall–Kier alpha value is -3.03. The summed E-state index contributed by atoms with van der Waals surface area (Å²) in [6.07, 6.45) is -10.7. The average Bonchev–Trinajstić information content (AvgIpc) is 3.15. The lowest BCUT2D eigenvalue weighted by Gasteiger charge is -2.12. The molecular weight excluding hydrogens is 556 g/mol. The molecule has 0 unspecified atom stereocenters. The number of alkyl halides is 6. The summed E-state index contributed by atoms with van der Waals surface area (Å²) in [6, 6.07) is 3.56. The number of benzene rings is 2. The minimum Gasteiger partial charge on any atom is -0.308 e. The van der Waals surface area contributed by atoms with Crippen LogP contribution >= 0.6 is 34.8 Å². The monoisotopic (exact) mass is 562 g/mol. The molecule has 16 heteroatoms. The molecular formula is C19H8Cl3F7N4O2. The molecule has 0 saturated heterocycles. The van der Waals surface area contributed by atoms with E-state index >= 15 is 0 Å². The third-order valence-corrected chi connectivity index (χ3v) is 5.10. The topological polar surface area (TPSA) is 76.0 Å². The molecule has 0 atom stereocenters. The number of aromatic nitrogens is 2. The highest BCUT2D eigenvalue weighted by Crippen LogP contribution is 2.41. The molecule has 1 heterocycles. The lowest BCUT2D eigenvalue weighted by atomic mass is 10.2. The molecule has 0 bridgehead atoms. The van der Waals surface area contributed by atoms with Crippen LogP contribution in [-0.4, -0.2) is 21.7 Å². The number of anilines is 1. The van der Waals surface area contributed by atoms with Crippen molar-refractivity contribution in [3.63, 3.8) is 0 Å². The molecule has 3 aromatic rings. The van der Waals surface area contributed by atoms with Crippen LogP contribution in [-0.2, 0) is 12.4 Å². The third-order valence-electron chi connectivity index (χ3n) is 4.19. The first-order valence-corrected chi connectivity index (χ1v) is 10.0. The maximum absolute atomic E-state index is 13.3. The number of carbonyl (C=O) groups is 2. The lowest BCUT2D eigenvalue weighted by molar-refractivity contribution is -0.163. The number of amides is 3. The minimum absolute atomic E-state index is 0.0666. The fourth-order valence-electron chi connectivity index (χ4n) is 2.77. The Bertz CT molecular complexity index is 1270. The van der Waals surface area contributed by atoms with Gasteiger partial charge in [-0.05, 0) is 30.3 Å². The number of carbonyl (C=O) groups excluding carboxylic acids is 2. The quantitative estimate of drug-likeness (QED) is 0.338. The van der Waals surface area contributed by atoms with Crippen LogP contribution in [0.25, 0.3) is 5.69 Å². The molecule has 1 aromatic heterocycles. The molecule has 0 spiro atoms. The van der Waals surface area contributed by atoms with Crippen molar-refractivity contribution in [1.82, 2.24) is 15.1 Å². The Morgan fingerprint density at radius 3 is 2.00 bits per heavy atom. The van der Waals surface area contributed by atoms with E-state index in [2.05, 4.69) is 10.4 Å². The summed E-state index contributed by atoms with van der Waals surface area (Å²) in [5.41, 5.74) is -5.35. The Morgan fingerprint density at radius 2 is 1.49 bits per heavy atom. The highest BCUT2D eigenvalue weighted by molar-refractivity contribution is 6.38. The molecule has 2 aromatic carbocycles. The highest BCUT2D eigenvalue weighted by atomic mass is 35.5. The van der Waals surface area contributed by atoms with E-state index in [-0.39, 0.29) is 27.2 Å². The molecule has 0 saturated carbocycles. The predicted molar refractivity (Wildman–Crippen MR) is 111 cm³/mol. The Labute approximate surface area is 205 Å². The smallest absolute Gasteiger partial charge is 0.308 e. The third kappa shape index (κ3) is 5.97. The maximum atomic E-state index is 13.3. The number of hydrogen-bond acceptors (Lipinski definition) is 3. The van der Waals surface area contributed by atoms with Gasteiger partial charge in [0.2, 0.25) is 0 Å². The first kappa shape index (κ1) is 26.6. The molecule has 3 amide bonds. The molecule has 3 rings (SSSR count). The van der Waals surface area contributed by atoms with Crippen LogP contribution < -0.4 is 10.6 Å². The summed E-state index contributed by atoms with van der Waals surface area (Å²) >= 11 is 17.7. The van der Waals surface area contributed by atoms with Gasteiger partial charge in [0.1, 0.15) is 17.1 Å². The molecule has 0 aliphatic rings. The fourth-order valence-corrected chi connectivity index (χ4v) is 3.63. The van der Waals surface area contributed by atoms with Gasteiger partial charge in [-0.1, -0.05) is 34.8 Å². The molecule has 35 heavy (non-hydrogen) atoms. The zero-order chi connectivity index (χ0) is 26.3. The lowest BCUT2D eigenvalue weighted by Crippen LogP contribution is -2.34. The molecule has 0 fully saturated rings. The zero-order valence-corrected chi connectivity index (χ0v) is 18.7. The van der Waals surface area contributed by atoms with E-state index < -0.39 is 57.1 Å². The normalized spacial score (nSPS) is 11.9. The van der Waals surface area contributed by atoms with Crippen LogP contribution in [0.5, 0.6) is 0 Å². The minimum atomic E-state index is -5.42. The van der Waals surface area contributed by atoms with Gasteiger partial charge in [-0.25, -0.2) is 13.9 Å². The second kappa shape index (κ2) is 9.55. The standard InChI is InChI=1S/C19H8Cl3F7N4O2/c20-11-2-1-7(23)3-9(11)16(34)31-17(35)30-8-4-12(21)14(13(22)5-8)33-6-10(18(24,25)26)15(32-33)19(27,28)29/h1-6H,(H2,30,31,34,35). The van der Waals surface area contributed by atoms with Gasteiger partial charge in [-0.15, -0.1) is 0 Å². The van der Waals surface area contributed by atoms with E-state index in [1.54, 1.807) is 0 Å². The van der Waals surface area contributed by atoms with Crippen molar-refractivity contribution in [2.75, 3.05) is 5.32 Å². The van der Waals surface area contributed by atoms with E-state index in [1.165, 1.54) is 0 Å². The van der Waals surface area contributed by atoms with Gasteiger partial charge < -0.3 is 5.32 Å². The van der Waals surface area contributed by atoms with Gasteiger partial charge in [-0.2, -0.15) is 31.4 Å². The van der Waals surface area contributed by atoms with Crippen molar-refractivity contribution < 1.29 is 40.3 Å². The van der Waals surface area contributed by atoms with Crippen LogP contribution in [0.4, 0.5) is 41.2 Å². The number of nitrogens with zero attached hydrogens (tertiary/aromatic N) is 2. The molecule has 0 radical (unpaired) electrons.